The van der Waals surface area contributed by atoms with Crippen molar-refractivity contribution in [3.8, 4) is 0 Å². The molecule has 0 bridgehead atoms. The van der Waals surface area contributed by atoms with E-state index >= 15 is 0 Å². The lowest BCUT2D eigenvalue weighted by atomic mass is 10.1. The Labute approximate surface area is 179 Å². The van der Waals surface area contributed by atoms with E-state index in [0.29, 0.717) is 37.8 Å². The molecule has 1 fully saturated rings. The molecule has 0 aliphatic carbocycles. The van der Waals surface area contributed by atoms with E-state index in [4.69, 9.17) is 4.52 Å². The Kier molecular flexibility index (Phi) is 6.07. The van der Waals surface area contributed by atoms with Crippen molar-refractivity contribution in [1.82, 2.24) is 19.3 Å². The summed E-state index contributed by atoms with van der Waals surface area (Å²) in [5, 5.41) is 15.2. The van der Waals surface area contributed by atoms with Crippen molar-refractivity contribution < 1.29 is 17.9 Å². The fourth-order valence-corrected chi connectivity index (χ4v) is 5.07. The van der Waals surface area contributed by atoms with Gasteiger partial charge in [-0.2, -0.15) is 9.29 Å². The highest BCUT2D eigenvalue weighted by molar-refractivity contribution is 7.89. The first-order valence-corrected chi connectivity index (χ1v) is 11.2. The number of sulfonamides is 1. The van der Waals surface area contributed by atoms with Crippen molar-refractivity contribution in [2.45, 2.75) is 17.9 Å². The van der Waals surface area contributed by atoms with Crippen molar-refractivity contribution >= 4 is 15.7 Å². The lowest BCUT2D eigenvalue weighted by molar-refractivity contribution is -0.387. The SMILES string of the molecule is O=[N+]([O-])c1ccccc1S(=O)(=O)N1CCN(Cc2nc(Cc3ccccc3)no2)CC1. The minimum atomic E-state index is -3.95. The molecule has 1 aromatic heterocycles. The van der Waals surface area contributed by atoms with Crippen LogP contribution in [0.3, 0.4) is 0 Å². The van der Waals surface area contributed by atoms with E-state index in [1.165, 1.54) is 28.6 Å². The Bertz CT molecular complexity index is 1160. The lowest BCUT2D eigenvalue weighted by Gasteiger charge is -2.32. The van der Waals surface area contributed by atoms with Crippen LogP contribution in [-0.2, 0) is 23.0 Å². The van der Waals surface area contributed by atoms with E-state index in [1.807, 2.05) is 35.2 Å². The maximum absolute atomic E-state index is 12.9. The molecule has 1 aliphatic rings. The van der Waals surface area contributed by atoms with Gasteiger partial charge >= 0.3 is 0 Å². The van der Waals surface area contributed by atoms with Crippen LogP contribution in [0, 0.1) is 10.1 Å². The topological polar surface area (TPSA) is 123 Å². The van der Waals surface area contributed by atoms with E-state index in [9.17, 15) is 18.5 Å². The van der Waals surface area contributed by atoms with Gasteiger partial charge in [0, 0.05) is 38.7 Å². The van der Waals surface area contributed by atoms with Crippen LogP contribution < -0.4 is 0 Å². The molecule has 0 saturated carbocycles. The molecule has 2 heterocycles. The average Bonchev–Trinajstić information content (AvgIpc) is 3.21. The first-order valence-electron chi connectivity index (χ1n) is 9.75. The number of nitro benzene ring substituents is 1. The first-order chi connectivity index (χ1) is 14.9. The van der Waals surface area contributed by atoms with Gasteiger partial charge in [0.2, 0.25) is 15.9 Å². The Balaban J connectivity index is 1.37. The highest BCUT2D eigenvalue weighted by Crippen LogP contribution is 2.27. The molecule has 11 heteroatoms. The summed E-state index contributed by atoms with van der Waals surface area (Å²) >= 11 is 0. The second-order valence-corrected chi connectivity index (χ2v) is 9.08. The lowest BCUT2D eigenvalue weighted by Crippen LogP contribution is -2.48. The number of aromatic nitrogens is 2. The monoisotopic (exact) mass is 443 g/mol. The summed E-state index contributed by atoms with van der Waals surface area (Å²) < 4.78 is 32.4. The number of rotatable bonds is 7. The molecule has 10 nitrogen and oxygen atoms in total. The van der Waals surface area contributed by atoms with Crippen LogP contribution in [0.2, 0.25) is 0 Å². The fourth-order valence-electron chi connectivity index (χ4n) is 3.49. The molecular formula is C20H21N5O5S. The van der Waals surface area contributed by atoms with Crippen molar-refractivity contribution in [3.05, 3.63) is 82.0 Å². The van der Waals surface area contributed by atoms with E-state index in [1.54, 1.807) is 0 Å². The van der Waals surface area contributed by atoms with Gasteiger partial charge in [-0.3, -0.25) is 15.0 Å². The Morgan fingerprint density at radius 2 is 1.68 bits per heavy atom. The Hall–Kier alpha value is -3.15. The van der Waals surface area contributed by atoms with Crippen LogP contribution in [-0.4, -0.2) is 58.9 Å². The molecule has 0 amide bonds. The molecule has 162 valence electrons. The maximum atomic E-state index is 12.9. The van der Waals surface area contributed by atoms with Gasteiger partial charge in [-0.1, -0.05) is 47.6 Å². The zero-order valence-electron chi connectivity index (χ0n) is 16.6. The molecule has 0 atom stereocenters. The van der Waals surface area contributed by atoms with Crippen LogP contribution in [0.5, 0.6) is 0 Å². The van der Waals surface area contributed by atoms with E-state index in [0.717, 1.165) is 5.56 Å². The van der Waals surface area contributed by atoms with Crippen molar-refractivity contribution in [2.75, 3.05) is 26.2 Å². The molecule has 31 heavy (non-hydrogen) atoms. The predicted octanol–water partition coefficient (Wildman–Crippen LogP) is 2.08. The third kappa shape index (κ3) is 4.79. The van der Waals surface area contributed by atoms with Crippen molar-refractivity contribution in [3.63, 3.8) is 0 Å². The third-order valence-corrected chi connectivity index (χ3v) is 7.03. The summed E-state index contributed by atoms with van der Waals surface area (Å²) in [6.45, 7) is 1.77. The van der Waals surface area contributed by atoms with Crippen LogP contribution in [0.1, 0.15) is 17.3 Å². The molecule has 0 radical (unpaired) electrons. The molecule has 0 unspecified atom stereocenters. The van der Waals surface area contributed by atoms with Gasteiger partial charge in [-0.15, -0.1) is 0 Å². The number of nitrogens with zero attached hydrogens (tertiary/aromatic N) is 5. The highest BCUT2D eigenvalue weighted by atomic mass is 32.2. The van der Waals surface area contributed by atoms with Gasteiger partial charge in [0.15, 0.2) is 10.7 Å². The quantitative estimate of drug-likeness (QED) is 0.402. The summed E-state index contributed by atoms with van der Waals surface area (Å²) in [6, 6.07) is 15.2. The van der Waals surface area contributed by atoms with Crippen LogP contribution in [0.25, 0.3) is 0 Å². The number of nitro groups is 1. The van der Waals surface area contributed by atoms with Crippen LogP contribution in [0.15, 0.2) is 64.0 Å². The van der Waals surface area contributed by atoms with E-state index in [2.05, 4.69) is 10.1 Å². The van der Waals surface area contributed by atoms with E-state index in [-0.39, 0.29) is 18.0 Å². The summed E-state index contributed by atoms with van der Waals surface area (Å²) in [5.41, 5.74) is 0.672. The molecule has 2 aromatic carbocycles. The predicted molar refractivity (Wildman–Crippen MR) is 111 cm³/mol. The second kappa shape index (κ2) is 8.92. The Morgan fingerprint density at radius 3 is 2.39 bits per heavy atom. The fraction of sp³-hybridized carbons (Fsp3) is 0.300. The summed E-state index contributed by atoms with van der Waals surface area (Å²) in [7, 11) is -3.95. The molecule has 0 N–H and O–H groups in total. The summed E-state index contributed by atoms with van der Waals surface area (Å²) in [5.74, 6) is 1.07. The van der Waals surface area contributed by atoms with Gasteiger partial charge in [0.05, 0.1) is 11.5 Å². The van der Waals surface area contributed by atoms with E-state index < -0.39 is 20.6 Å². The average molecular weight is 443 g/mol. The molecule has 1 aliphatic heterocycles. The maximum Gasteiger partial charge on any atom is 0.289 e. The molecular weight excluding hydrogens is 422 g/mol. The van der Waals surface area contributed by atoms with Crippen molar-refractivity contribution in [1.29, 1.82) is 0 Å². The molecule has 0 spiro atoms. The summed E-state index contributed by atoms with van der Waals surface area (Å²) in [4.78, 5) is 16.7. The number of piperazine rings is 1. The van der Waals surface area contributed by atoms with Gasteiger partial charge in [-0.05, 0) is 11.6 Å². The number of hydrogen-bond acceptors (Lipinski definition) is 8. The standard InChI is InChI=1S/C20H21N5O5S/c26-25(27)17-8-4-5-9-18(17)31(28,29)24-12-10-23(11-13-24)15-20-21-19(22-30-20)14-16-6-2-1-3-7-16/h1-9H,10-15H2. The van der Waals surface area contributed by atoms with Crippen molar-refractivity contribution in [2.24, 2.45) is 0 Å². The number of hydrogen-bond donors (Lipinski definition) is 0. The van der Waals surface area contributed by atoms with Crippen LogP contribution >= 0.6 is 0 Å². The zero-order valence-corrected chi connectivity index (χ0v) is 17.4. The largest absolute Gasteiger partial charge is 0.338 e. The minimum absolute atomic E-state index is 0.222. The highest BCUT2D eigenvalue weighted by Gasteiger charge is 2.33. The smallest absolute Gasteiger partial charge is 0.289 e. The van der Waals surface area contributed by atoms with Gasteiger partial charge in [-0.25, -0.2) is 8.42 Å². The molecule has 1 saturated heterocycles. The van der Waals surface area contributed by atoms with Gasteiger partial charge in [0.25, 0.3) is 5.69 Å². The minimum Gasteiger partial charge on any atom is -0.338 e. The number of benzene rings is 2. The Morgan fingerprint density at radius 1 is 1.00 bits per heavy atom. The number of para-hydroxylation sites is 1. The molecule has 3 aromatic rings. The third-order valence-electron chi connectivity index (χ3n) is 5.09. The van der Waals surface area contributed by atoms with Gasteiger partial charge in [0.1, 0.15) is 0 Å². The van der Waals surface area contributed by atoms with Gasteiger partial charge < -0.3 is 4.52 Å². The van der Waals surface area contributed by atoms with Crippen LogP contribution in [0.4, 0.5) is 5.69 Å². The molecule has 4 rings (SSSR count). The first kappa shape index (κ1) is 21.1. The zero-order chi connectivity index (χ0) is 21.8. The second-order valence-electron chi connectivity index (χ2n) is 7.17. The normalized spacial score (nSPS) is 15.7. The summed E-state index contributed by atoms with van der Waals surface area (Å²) in [6.07, 6.45) is 0.576.